The number of nitrogens with zero attached hydrogens (tertiary/aromatic N) is 3. The Balaban J connectivity index is 1.20. The molecule has 0 unspecified atom stereocenters. The Kier molecular flexibility index (Phi) is 9.19. The lowest BCUT2D eigenvalue weighted by atomic mass is 9.92. The van der Waals surface area contributed by atoms with Crippen LogP contribution in [0, 0.1) is 5.92 Å². The van der Waals surface area contributed by atoms with Crippen LogP contribution in [0.5, 0.6) is 0 Å². The van der Waals surface area contributed by atoms with Gasteiger partial charge >= 0.3 is 6.18 Å². The zero-order valence-electron chi connectivity index (χ0n) is 22.7. The maximum absolute atomic E-state index is 13.2. The van der Waals surface area contributed by atoms with Gasteiger partial charge in [-0.3, -0.25) is 14.5 Å². The molecule has 1 atom stereocenters. The fourth-order valence-corrected chi connectivity index (χ4v) is 6.89. The van der Waals surface area contributed by atoms with Crippen LogP contribution in [0.2, 0.25) is 10.0 Å². The summed E-state index contributed by atoms with van der Waals surface area (Å²) in [5.74, 6) is -0.262. The van der Waals surface area contributed by atoms with E-state index in [0.717, 1.165) is 48.8 Å². The summed E-state index contributed by atoms with van der Waals surface area (Å²) in [5, 5.41) is 10.8. The molecule has 3 fully saturated rings. The van der Waals surface area contributed by atoms with Gasteiger partial charge < -0.3 is 14.9 Å². The zero-order valence-corrected chi connectivity index (χ0v) is 24.2. The van der Waals surface area contributed by atoms with E-state index in [1.165, 1.54) is 4.90 Å². The normalized spacial score (nSPS) is 24.2. The Labute approximate surface area is 248 Å². The van der Waals surface area contributed by atoms with Crippen LogP contribution in [0.3, 0.4) is 0 Å². The number of hydrogen-bond acceptors (Lipinski definition) is 4. The second kappa shape index (κ2) is 12.5. The van der Waals surface area contributed by atoms with Crippen LogP contribution in [0.25, 0.3) is 11.1 Å². The number of rotatable bonds is 6. The highest BCUT2D eigenvalue weighted by atomic mass is 35.5. The average molecular weight is 613 g/mol. The summed E-state index contributed by atoms with van der Waals surface area (Å²) in [7, 11) is 0. The third-order valence-corrected chi connectivity index (χ3v) is 9.25. The molecule has 0 radical (unpaired) electrons. The van der Waals surface area contributed by atoms with Gasteiger partial charge in [0.2, 0.25) is 5.91 Å². The third kappa shape index (κ3) is 7.19. The van der Waals surface area contributed by atoms with E-state index in [9.17, 15) is 27.9 Å². The Hall–Kier alpha value is -2.33. The largest absolute Gasteiger partial charge is 0.401 e. The summed E-state index contributed by atoms with van der Waals surface area (Å²) >= 11 is 13.3. The minimum absolute atomic E-state index is 0.129. The minimum atomic E-state index is -4.25. The van der Waals surface area contributed by atoms with Gasteiger partial charge in [-0.15, -0.1) is 0 Å². The van der Waals surface area contributed by atoms with E-state index in [0.29, 0.717) is 28.6 Å². The van der Waals surface area contributed by atoms with Crippen LogP contribution < -0.4 is 0 Å². The van der Waals surface area contributed by atoms with Crippen molar-refractivity contribution in [2.75, 3.05) is 39.3 Å². The summed E-state index contributed by atoms with van der Waals surface area (Å²) < 4.78 is 37.9. The molecule has 5 rings (SSSR count). The van der Waals surface area contributed by atoms with E-state index >= 15 is 0 Å². The molecule has 1 aliphatic carbocycles. The molecule has 222 valence electrons. The molecule has 2 amide bonds. The Bertz CT molecular complexity index is 1230. The first-order chi connectivity index (χ1) is 19.5. The maximum Gasteiger partial charge on any atom is 0.401 e. The number of alkyl halides is 3. The van der Waals surface area contributed by atoms with Crippen molar-refractivity contribution in [1.29, 1.82) is 0 Å². The lowest BCUT2D eigenvalue weighted by Crippen LogP contribution is -2.50. The molecular formula is C30H34Cl2F3N3O3. The number of likely N-dealkylation sites (tertiary alicyclic amines) is 1. The van der Waals surface area contributed by atoms with Crippen molar-refractivity contribution in [2.45, 2.75) is 56.8 Å². The van der Waals surface area contributed by atoms with Crippen LogP contribution in [0.1, 0.15) is 48.0 Å². The second-order valence-corrected chi connectivity index (χ2v) is 12.2. The molecule has 6 nitrogen and oxygen atoms in total. The fraction of sp³-hybridized carbons (Fsp3) is 0.533. The smallest absolute Gasteiger partial charge is 0.393 e. The molecule has 2 aromatic carbocycles. The van der Waals surface area contributed by atoms with E-state index < -0.39 is 12.7 Å². The lowest BCUT2D eigenvalue weighted by molar-refractivity contribution is -0.148. The van der Waals surface area contributed by atoms with Crippen molar-refractivity contribution >= 4 is 35.0 Å². The summed E-state index contributed by atoms with van der Waals surface area (Å²) in [4.78, 5) is 31.0. The maximum atomic E-state index is 13.2. The van der Waals surface area contributed by atoms with E-state index in [1.807, 2.05) is 17.0 Å². The van der Waals surface area contributed by atoms with Gasteiger partial charge in [0.05, 0.1) is 12.6 Å². The number of aliphatic hydroxyl groups is 1. The van der Waals surface area contributed by atoms with Gasteiger partial charge in [-0.1, -0.05) is 35.3 Å². The number of hydrogen-bond donors (Lipinski definition) is 1. The highest BCUT2D eigenvalue weighted by Crippen LogP contribution is 2.37. The summed E-state index contributed by atoms with van der Waals surface area (Å²) in [6, 6.07) is 10.8. The first-order valence-electron chi connectivity index (χ1n) is 14.1. The van der Waals surface area contributed by atoms with Gasteiger partial charge in [-0.2, -0.15) is 13.2 Å². The Morgan fingerprint density at radius 3 is 2.07 bits per heavy atom. The average Bonchev–Trinajstić information content (AvgIpc) is 3.30. The zero-order chi connectivity index (χ0) is 29.3. The number of carbonyl (C=O) groups excluding carboxylic acids is 2. The quantitative estimate of drug-likeness (QED) is 0.457. The predicted octanol–water partition coefficient (Wildman–Crippen LogP) is 5.68. The van der Waals surface area contributed by atoms with Gasteiger partial charge in [-0.05, 0) is 79.5 Å². The van der Waals surface area contributed by atoms with Crippen molar-refractivity contribution in [3.8, 4) is 11.1 Å². The predicted molar refractivity (Wildman–Crippen MR) is 152 cm³/mol. The van der Waals surface area contributed by atoms with Crippen LogP contribution in [-0.2, 0) is 11.2 Å². The molecule has 2 aromatic rings. The van der Waals surface area contributed by atoms with E-state index in [2.05, 4.69) is 0 Å². The van der Waals surface area contributed by atoms with E-state index in [1.54, 1.807) is 29.2 Å². The van der Waals surface area contributed by atoms with Crippen molar-refractivity contribution in [1.82, 2.24) is 14.7 Å². The fourth-order valence-electron chi connectivity index (χ4n) is 6.25. The van der Waals surface area contributed by atoms with Crippen molar-refractivity contribution < 1.29 is 27.9 Å². The molecule has 2 aliphatic heterocycles. The van der Waals surface area contributed by atoms with Gasteiger partial charge in [-0.25, -0.2) is 0 Å². The summed E-state index contributed by atoms with van der Waals surface area (Å²) in [6.45, 7) is 0.605. The molecule has 11 heteroatoms. The molecule has 3 aliphatic rings. The molecule has 2 saturated heterocycles. The topological polar surface area (TPSA) is 64.1 Å². The molecule has 0 bridgehead atoms. The van der Waals surface area contributed by atoms with Crippen molar-refractivity contribution in [2.24, 2.45) is 5.92 Å². The van der Waals surface area contributed by atoms with Crippen molar-refractivity contribution in [3.63, 3.8) is 0 Å². The molecule has 0 aromatic heterocycles. The molecule has 41 heavy (non-hydrogen) atoms. The molecule has 0 spiro atoms. The molecule has 1 N–H and O–H groups in total. The second-order valence-electron chi connectivity index (χ2n) is 11.4. The van der Waals surface area contributed by atoms with Gasteiger partial charge in [0.1, 0.15) is 0 Å². The lowest BCUT2D eigenvalue weighted by Gasteiger charge is -2.35. The number of carbonyl (C=O) groups is 2. The summed E-state index contributed by atoms with van der Waals surface area (Å²) in [6.07, 6.45) is -0.167. The first-order valence-corrected chi connectivity index (χ1v) is 14.9. The van der Waals surface area contributed by atoms with Crippen LogP contribution >= 0.6 is 23.2 Å². The first kappa shape index (κ1) is 30.1. The van der Waals surface area contributed by atoms with Crippen molar-refractivity contribution in [3.05, 3.63) is 57.6 Å². The summed E-state index contributed by atoms with van der Waals surface area (Å²) in [5.41, 5.74) is 2.80. The highest BCUT2D eigenvalue weighted by molar-refractivity contribution is 6.36. The highest BCUT2D eigenvalue weighted by Gasteiger charge is 2.38. The number of benzene rings is 2. The SMILES string of the molecule is O=C(c1ccc(-c2cc(Cl)c(C[C@@H]3CCN([C@H]4CC[C@H](O)CC4)C3=O)c(Cl)c2)cc1)N1CCN(CC(F)(F)F)CC1. The van der Waals surface area contributed by atoms with E-state index in [4.69, 9.17) is 23.2 Å². The molecule has 2 heterocycles. The molecular weight excluding hydrogens is 578 g/mol. The standard InChI is InChI=1S/C30H34Cl2F3N3O3/c31-26-16-22(17-27(32)25(26)15-21-9-10-38(29(21)41)23-5-7-24(39)8-6-23)19-1-3-20(4-2-19)28(40)37-13-11-36(12-14-37)18-30(33,34)35/h1-4,16-17,21,23-24,39H,5-15,18H2/t21-,23-,24-/m0/s1. The number of halogens is 5. The van der Waals surface area contributed by atoms with Gasteiger partial charge in [0.25, 0.3) is 5.91 Å². The van der Waals surface area contributed by atoms with Crippen LogP contribution in [-0.4, -0.2) is 89.2 Å². The number of piperazine rings is 1. The Morgan fingerprint density at radius 1 is 0.878 bits per heavy atom. The van der Waals surface area contributed by atoms with Gasteiger partial charge in [0.15, 0.2) is 0 Å². The van der Waals surface area contributed by atoms with Crippen LogP contribution in [0.4, 0.5) is 13.2 Å². The number of amides is 2. The third-order valence-electron chi connectivity index (χ3n) is 8.58. The Morgan fingerprint density at radius 2 is 1.49 bits per heavy atom. The molecule has 1 saturated carbocycles. The van der Waals surface area contributed by atoms with Gasteiger partial charge in [0, 0.05) is 60.3 Å². The van der Waals surface area contributed by atoms with Crippen LogP contribution in [0.15, 0.2) is 36.4 Å². The minimum Gasteiger partial charge on any atom is -0.393 e. The van der Waals surface area contributed by atoms with E-state index in [-0.39, 0.29) is 56.1 Å². The monoisotopic (exact) mass is 611 g/mol. The number of aliphatic hydroxyl groups excluding tert-OH is 1.